The number of nitrogens with zero attached hydrogens (tertiary/aromatic N) is 2. The highest BCUT2D eigenvalue weighted by Gasteiger charge is 2.30. The highest BCUT2D eigenvalue weighted by Crippen LogP contribution is 2.20. The predicted molar refractivity (Wildman–Crippen MR) is 105 cm³/mol. The highest BCUT2D eigenvalue weighted by atomic mass is 32.2. The van der Waals surface area contributed by atoms with Crippen LogP contribution in [0.25, 0.3) is 0 Å². The molecule has 27 heavy (non-hydrogen) atoms. The van der Waals surface area contributed by atoms with Gasteiger partial charge in [-0.1, -0.05) is 6.07 Å². The van der Waals surface area contributed by atoms with E-state index in [-0.39, 0.29) is 24.0 Å². The minimum Gasteiger partial charge on any atom is -0.497 e. The number of carbonyl (C=O) groups excluding carboxylic acids is 1. The van der Waals surface area contributed by atoms with E-state index >= 15 is 0 Å². The zero-order valence-electron chi connectivity index (χ0n) is 15.1. The molecule has 2 heterocycles. The highest BCUT2D eigenvalue weighted by molar-refractivity contribution is 7.89. The Bertz CT molecular complexity index is 843. The Kier molecular flexibility index (Phi) is 6.35. The van der Waals surface area contributed by atoms with Crippen molar-refractivity contribution in [1.82, 2.24) is 14.5 Å². The number of sulfonamides is 1. The van der Waals surface area contributed by atoms with Crippen LogP contribution in [0.3, 0.4) is 0 Å². The minimum absolute atomic E-state index is 0.145. The summed E-state index contributed by atoms with van der Waals surface area (Å²) in [4.78, 5) is 15.4. The molecule has 0 saturated carbocycles. The van der Waals surface area contributed by atoms with Crippen LogP contribution >= 0.6 is 11.3 Å². The summed E-state index contributed by atoms with van der Waals surface area (Å²) in [5, 5.41) is 4.91. The molecule has 1 aliphatic heterocycles. The maximum absolute atomic E-state index is 12.7. The summed E-state index contributed by atoms with van der Waals surface area (Å²) >= 11 is 1.67. The number of thiophene rings is 1. The molecule has 1 aromatic carbocycles. The number of rotatable bonds is 6. The summed E-state index contributed by atoms with van der Waals surface area (Å²) in [7, 11) is -2.03. The predicted octanol–water partition coefficient (Wildman–Crippen LogP) is 2.02. The molecule has 1 aliphatic rings. The van der Waals surface area contributed by atoms with Crippen molar-refractivity contribution in [2.45, 2.75) is 11.3 Å². The lowest BCUT2D eigenvalue weighted by Gasteiger charge is -2.34. The fourth-order valence-corrected chi connectivity index (χ4v) is 5.02. The number of hydrogen-bond donors (Lipinski definition) is 1. The molecule has 0 atom stereocenters. The summed E-state index contributed by atoms with van der Waals surface area (Å²) in [5.41, 5.74) is 0. The zero-order valence-corrected chi connectivity index (χ0v) is 16.8. The SMILES string of the molecule is COc1ccc(S(=O)(=O)N2CCN(C(=O)NCCc3cccs3)CC2)cc1. The van der Waals surface area contributed by atoms with Gasteiger partial charge in [0, 0.05) is 37.6 Å². The fraction of sp³-hybridized carbons (Fsp3) is 0.389. The van der Waals surface area contributed by atoms with Gasteiger partial charge < -0.3 is 15.0 Å². The van der Waals surface area contributed by atoms with Crippen molar-refractivity contribution in [3.05, 3.63) is 46.7 Å². The molecule has 146 valence electrons. The first-order chi connectivity index (χ1) is 13.0. The minimum atomic E-state index is -3.56. The summed E-state index contributed by atoms with van der Waals surface area (Å²) in [6.07, 6.45) is 0.801. The average Bonchev–Trinajstić information content (AvgIpc) is 3.21. The summed E-state index contributed by atoms with van der Waals surface area (Å²) < 4.78 is 32.0. The van der Waals surface area contributed by atoms with Gasteiger partial charge in [0.15, 0.2) is 0 Å². The van der Waals surface area contributed by atoms with E-state index in [9.17, 15) is 13.2 Å². The topological polar surface area (TPSA) is 79.0 Å². The molecule has 0 radical (unpaired) electrons. The van der Waals surface area contributed by atoms with E-state index in [1.165, 1.54) is 28.4 Å². The van der Waals surface area contributed by atoms with Crippen molar-refractivity contribution in [1.29, 1.82) is 0 Å². The molecule has 0 spiro atoms. The fourth-order valence-electron chi connectivity index (χ4n) is 2.89. The number of methoxy groups -OCH3 is 1. The molecule has 2 amide bonds. The monoisotopic (exact) mass is 409 g/mol. The Hall–Kier alpha value is -2.10. The van der Waals surface area contributed by atoms with Crippen LogP contribution in [0, 0.1) is 0 Å². The van der Waals surface area contributed by atoms with Crippen molar-refractivity contribution in [3.8, 4) is 5.75 Å². The molecule has 7 nitrogen and oxygen atoms in total. The largest absolute Gasteiger partial charge is 0.497 e. The van der Waals surface area contributed by atoms with E-state index in [0.29, 0.717) is 25.4 Å². The van der Waals surface area contributed by atoms with Crippen molar-refractivity contribution in [2.24, 2.45) is 0 Å². The number of benzene rings is 1. The molecule has 1 fully saturated rings. The van der Waals surface area contributed by atoms with Gasteiger partial charge in [-0.05, 0) is 42.1 Å². The maximum atomic E-state index is 12.7. The molecule has 0 unspecified atom stereocenters. The number of urea groups is 1. The molecule has 3 rings (SSSR count). The van der Waals surface area contributed by atoms with Crippen LogP contribution in [0.5, 0.6) is 5.75 Å². The summed E-state index contributed by atoms with van der Waals surface area (Å²) in [5.74, 6) is 0.609. The summed E-state index contributed by atoms with van der Waals surface area (Å²) in [6.45, 7) is 1.89. The molecule has 9 heteroatoms. The second kappa shape index (κ2) is 8.73. The first-order valence-corrected chi connectivity index (χ1v) is 11.0. The molecule has 1 N–H and O–H groups in total. The maximum Gasteiger partial charge on any atom is 0.317 e. The van der Waals surface area contributed by atoms with Gasteiger partial charge in [0.1, 0.15) is 5.75 Å². The normalized spacial score (nSPS) is 15.5. The molecule has 1 aromatic heterocycles. The van der Waals surface area contributed by atoms with Crippen LogP contribution in [0.4, 0.5) is 4.79 Å². The number of amides is 2. The second-order valence-electron chi connectivity index (χ2n) is 6.13. The first-order valence-electron chi connectivity index (χ1n) is 8.70. The van der Waals surface area contributed by atoms with Gasteiger partial charge in [-0.3, -0.25) is 0 Å². The Morgan fingerprint density at radius 1 is 1.15 bits per heavy atom. The first kappa shape index (κ1) is 19.7. The van der Waals surface area contributed by atoms with E-state index in [0.717, 1.165) is 6.42 Å². The molecule has 1 saturated heterocycles. The number of piperazine rings is 1. The Labute approximate surface area is 163 Å². The van der Waals surface area contributed by atoms with E-state index in [2.05, 4.69) is 5.32 Å². The van der Waals surface area contributed by atoms with E-state index in [1.807, 2.05) is 17.5 Å². The Morgan fingerprint density at radius 3 is 2.44 bits per heavy atom. The van der Waals surface area contributed by atoms with Crippen LogP contribution in [-0.4, -0.2) is 63.5 Å². The van der Waals surface area contributed by atoms with Gasteiger partial charge in [-0.15, -0.1) is 11.3 Å². The van der Waals surface area contributed by atoms with Crippen LogP contribution in [0.15, 0.2) is 46.7 Å². The molecule has 0 bridgehead atoms. The van der Waals surface area contributed by atoms with Crippen molar-refractivity contribution >= 4 is 27.4 Å². The summed E-state index contributed by atoms with van der Waals surface area (Å²) in [6, 6.07) is 10.2. The van der Waals surface area contributed by atoms with Gasteiger partial charge in [0.25, 0.3) is 0 Å². The van der Waals surface area contributed by atoms with Crippen molar-refractivity contribution in [3.63, 3.8) is 0 Å². The standard InChI is InChI=1S/C18H23N3O4S2/c1-25-15-4-6-17(7-5-15)27(23,24)21-12-10-20(11-13-21)18(22)19-9-8-16-3-2-14-26-16/h2-7,14H,8-13H2,1H3,(H,19,22). The molecule has 0 aliphatic carbocycles. The van der Waals surface area contributed by atoms with Gasteiger partial charge in [-0.25, -0.2) is 13.2 Å². The number of carbonyl (C=O) groups is 1. The number of ether oxygens (including phenoxy) is 1. The van der Waals surface area contributed by atoms with Crippen molar-refractivity contribution < 1.29 is 17.9 Å². The van der Waals surface area contributed by atoms with Gasteiger partial charge >= 0.3 is 6.03 Å². The van der Waals surface area contributed by atoms with Gasteiger partial charge in [0.2, 0.25) is 10.0 Å². The number of nitrogens with one attached hydrogen (secondary N) is 1. The average molecular weight is 410 g/mol. The van der Waals surface area contributed by atoms with Crippen LogP contribution in [0.1, 0.15) is 4.88 Å². The molecular formula is C18H23N3O4S2. The third-order valence-electron chi connectivity index (χ3n) is 4.45. The van der Waals surface area contributed by atoms with Gasteiger partial charge in [-0.2, -0.15) is 4.31 Å². The third kappa shape index (κ3) is 4.79. The molecular weight excluding hydrogens is 386 g/mol. The Morgan fingerprint density at radius 2 is 1.85 bits per heavy atom. The third-order valence-corrected chi connectivity index (χ3v) is 7.30. The molecule has 2 aromatic rings. The van der Waals surface area contributed by atoms with Crippen LogP contribution < -0.4 is 10.1 Å². The smallest absolute Gasteiger partial charge is 0.317 e. The van der Waals surface area contributed by atoms with Crippen LogP contribution in [-0.2, 0) is 16.4 Å². The second-order valence-corrected chi connectivity index (χ2v) is 9.10. The van der Waals surface area contributed by atoms with E-state index in [4.69, 9.17) is 4.74 Å². The zero-order chi connectivity index (χ0) is 19.3. The quantitative estimate of drug-likeness (QED) is 0.792. The van der Waals surface area contributed by atoms with E-state index in [1.54, 1.807) is 28.4 Å². The lowest BCUT2D eigenvalue weighted by Crippen LogP contribution is -2.53. The lowest BCUT2D eigenvalue weighted by atomic mass is 10.3. The number of hydrogen-bond acceptors (Lipinski definition) is 5. The van der Waals surface area contributed by atoms with E-state index < -0.39 is 10.0 Å². The van der Waals surface area contributed by atoms with Crippen LogP contribution in [0.2, 0.25) is 0 Å². The lowest BCUT2D eigenvalue weighted by molar-refractivity contribution is 0.172. The Balaban J connectivity index is 1.50. The van der Waals surface area contributed by atoms with Crippen molar-refractivity contribution in [2.75, 3.05) is 39.8 Å². The van der Waals surface area contributed by atoms with Gasteiger partial charge in [0.05, 0.1) is 12.0 Å².